The molecule has 0 bridgehead atoms. The maximum atomic E-state index is 10.7. The predicted molar refractivity (Wildman–Crippen MR) is 81.9 cm³/mol. The van der Waals surface area contributed by atoms with Crippen LogP contribution in [0.1, 0.15) is 11.3 Å². The van der Waals surface area contributed by atoms with Crippen LogP contribution in [0, 0.1) is 0 Å². The van der Waals surface area contributed by atoms with Crippen LogP contribution >= 0.6 is 0 Å². The smallest absolute Gasteiger partial charge is 0.307 e. The number of pyridine rings is 1. The molecular weight excluding hydrogens is 296 g/mol. The van der Waals surface area contributed by atoms with E-state index < -0.39 is 5.97 Å². The van der Waals surface area contributed by atoms with Gasteiger partial charge in [-0.3, -0.25) is 9.78 Å². The van der Waals surface area contributed by atoms with Crippen molar-refractivity contribution in [3.63, 3.8) is 0 Å². The minimum Gasteiger partial charge on any atom is -0.481 e. The molecule has 2 N–H and O–H groups in total. The van der Waals surface area contributed by atoms with Crippen molar-refractivity contribution in [1.29, 1.82) is 0 Å². The fourth-order valence-electron chi connectivity index (χ4n) is 2.32. The van der Waals surface area contributed by atoms with Crippen LogP contribution in [0.25, 0.3) is 16.9 Å². The molecule has 116 valence electrons. The number of carboxylic acid groups (broad SMARTS) is 1. The van der Waals surface area contributed by atoms with Gasteiger partial charge in [0.05, 0.1) is 18.7 Å². The molecule has 1 aromatic carbocycles. The molecule has 3 rings (SSSR count). The maximum Gasteiger partial charge on any atom is 0.307 e. The number of aliphatic hydroxyl groups excluding tert-OH is 1. The summed E-state index contributed by atoms with van der Waals surface area (Å²) in [5, 5.41) is 26.4. The van der Waals surface area contributed by atoms with Gasteiger partial charge in [0.15, 0.2) is 0 Å². The number of carboxylic acids is 1. The lowest BCUT2D eigenvalue weighted by Gasteiger charge is -2.08. The van der Waals surface area contributed by atoms with Crippen LogP contribution in [-0.4, -0.2) is 36.2 Å². The summed E-state index contributed by atoms with van der Waals surface area (Å²) in [7, 11) is 0. The average molecular weight is 310 g/mol. The molecule has 0 fully saturated rings. The van der Waals surface area contributed by atoms with Gasteiger partial charge in [0.2, 0.25) is 0 Å². The summed E-state index contributed by atoms with van der Waals surface area (Å²) in [6.07, 6.45) is 3.30. The highest BCUT2D eigenvalue weighted by atomic mass is 16.4. The van der Waals surface area contributed by atoms with E-state index in [0.717, 1.165) is 11.3 Å². The van der Waals surface area contributed by atoms with Gasteiger partial charge in [-0.2, -0.15) is 0 Å². The van der Waals surface area contributed by atoms with Crippen molar-refractivity contribution in [3.05, 3.63) is 60.0 Å². The van der Waals surface area contributed by atoms with E-state index in [9.17, 15) is 9.90 Å². The number of aromatic nitrogens is 4. The Labute approximate surface area is 131 Å². The van der Waals surface area contributed by atoms with Crippen LogP contribution in [0.15, 0.2) is 48.8 Å². The van der Waals surface area contributed by atoms with Crippen LogP contribution in [0.5, 0.6) is 0 Å². The zero-order valence-electron chi connectivity index (χ0n) is 12.1. The third kappa shape index (κ3) is 3.09. The van der Waals surface area contributed by atoms with Gasteiger partial charge in [0.1, 0.15) is 11.4 Å². The average Bonchev–Trinajstić information content (AvgIpc) is 3.00. The number of nitrogens with zero attached hydrogens (tertiary/aromatic N) is 4. The fourth-order valence-corrected chi connectivity index (χ4v) is 2.32. The van der Waals surface area contributed by atoms with E-state index in [0.29, 0.717) is 17.0 Å². The predicted octanol–water partition coefficient (Wildman–Crippen LogP) is 1.45. The molecule has 7 heteroatoms. The topological polar surface area (TPSA) is 101 Å². The zero-order valence-corrected chi connectivity index (χ0v) is 12.1. The summed E-state index contributed by atoms with van der Waals surface area (Å²) in [6, 6.07) is 10.7. The highest BCUT2D eigenvalue weighted by Crippen LogP contribution is 2.24. The van der Waals surface area contributed by atoms with Gasteiger partial charge in [-0.05, 0) is 29.8 Å². The van der Waals surface area contributed by atoms with Gasteiger partial charge >= 0.3 is 5.97 Å². The molecule has 3 aromatic rings. The van der Waals surface area contributed by atoms with E-state index >= 15 is 0 Å². The zero-order chi connectivity index (χ0) is 16.2. The molecule has 0 amide bonds. The first-order valence-corrected chi connectivity index (χ1v) is 6.96. The van der Waals surface area contributed by atoms with Gasteiger partial charge in [-0.15, -0.1) is 5.10 Å². The van der Waals surface area contributed by atoms with E-state index in [-0.39, 0.29) is 13.0 Å². The normalized spacial score (nSPS) is 10.7. The minimum atomic E-state index is -0.878. The number of carbonyl (C=O) groups is 1. The first kappa shape index (κ1) is 14.9. The first-order valence-electron chi connectivity index (χ1n) is 6.96. The second-order valence-electron chi connectivity index (χ2n) is 4.93. The fraction of sp³-hybridized carbons (Fsp3) is 0.125. The SMILES string of the molecule is O=C(O)Cc1ccc(-n2nnc(CO)c2-c2cccnc2)cc1. The summed E-state index contributed by atoms with van der Waals surface area (Å²) < 4.78 is 1.60. The van der Waals surface area contributed by atoms with Gasteiger partial charge < -0.3 is 10.2 Å². The summed E-state index contributed by atoms with van der Waals surface area (Å²) in [4.78, 5) is 14.8. The van der Waals surface area contributed by atoms with Gasteiger partial charge in [0, 0.05) is 18.0 Å². The van der Waals surface area contributed by atoms with Crippen molar-refractivity contribution in [2.75, 3.05) is 0 Å². The molecule has 0 unspecified atom stereocenters. The van der Waals surface area contributed by atoms with Crippen LogP contribution in [0.4, 0.5) is 0 Å². The van der Waals surface area contributed by atoms with E-state index in [1.165, 1.54) is 0 Å². The number of hydrogen-bond donors (Lipinski definition) is 2. The number of aliphatic hydroxyl groups is 1. The Balaban J connectivity index is 2.03. The molecule has 0 aliphatic heterocycles. The molecule has 23 heavy (non-hydrogen) atoms. The Morgan fingerprint density at radius 1 is 1.17 bits per heavy atom. The Morgan fingerprint density at radius 2 is 1.96 bits per heavy atom. The Hall–Kier alpha value is -3.06. The minimum absolute atomic E-state index is 0.0327. The number of aliphatic carboxylic acids is 1. The molecule has 0 spiro atoms. The summed E-state index contributed by atoms with van der Waals surface area (Å²) >= 11 is 0. The van der Waals surface area contributed by atoms with E-state index in [2.05, 4.69) is 15.3 Å². The summed E-state index contributed by atoms with van der Waals surface area (Å²) in [5.41, 5.74) is 3.33. The van der Waals surface area contributed by atoms with Crippen molar-refractivity contribution >= 4 is 5.97 Å². The van der Waals surface area contributed by atoms with Gasteiger partial charge in [-0.25, -0.2) is 4.68 Å². The van der Waals surface area contributed by atoms with Crippen molar-refractivity contribution < 1.29 is 15.0 Å². The van der Waals surface area contributed by atoms with Gasteiger partial charge in [0.25, 0.3) is 0 Å². The molecule has 0 atom stereocenters. The Morgan fingerprint density at radius 3 is 2.57 bits per heavy atom. The third-order valence-electron chi connectivity index (χ3n) is 3.36. The quantitative estimate of drug-likeness (QED) is 0.739. The van der Waals surface area contributed by atoms with Crippen LogP contribution in [0.2, 0.25) is 0 Å². The lowest BCUT2D eigenvalue weighted by molar-refractivity contribution is -0.136. The molecule has 0 aliphatic carbocycles. The summed E-state index contributed by atoms with van der Waals surface area (Å²) in [6.45, 7) is -0.235. The number of hydrogen-bond acceptors (Lipinski definition) is 5. The van der Waals surface area contributed by atoms with Crippen LogP contribution in [-0.2, 0) is 17.8 Å². The Kier molecular flexibility index (Phi) is 4.11. The second kappa shape index (κ2) is 6.37. The molecule has 0 aliphatic rings. The highest BCUT2D eigenvalue weighted by Gasteiger charge is 2.15. The maximum absolute atomic E-state index is 10.7. The van der Waals surface area contributed by atoms with Crippen molar-refractivity contribution in [1.82, 2.24) is 20.0 Å². The standard InChI is InChI=1S/C16H14N4O3/c21-10-14-16(12-2-1-7-17-9-12)20(19-18-14)13-5-3-11(4-6-13)8-15(22)23/h1-7,9,21H,8,10H2,(H,22,23). The number of rotatable bonds is 5. The van der Waals surface area contributed by atoms with Crippen LogP contribution in [0.3, 0.4) is 0 Å². The molecule has 2 aromatic heterocycles. The van der Waals surface area contributed by atoms with Crippen molar-refractivity contribution in [2.45, 2.75) is 13.0 Å². The lowest BCUT2D eigenvalue weighted by Crippen LogP contribution is -2.03. The lowest BCUT2D eigenvalue weighted by atomic mass is 10.1. The first-order chi connectivity index (χ1) is 11.2. The van der Waals surface area contributed by atoms with Crippen LogP contribution < -0.4 is 0 Å². The van der Waals surface area contributed by atoms with E-state index in [4.69, 9.17) is 5.11 Å². The van der Waals surface area contributed by atoms with Crippen molar-refractivity contribution in [2.24, 2.45) is 0 Å². The molecule has 0 saturated heterocycles. The van der Waals surface area contributed by atoms with Crippen molar-refractivity contribution in [3.8, 4) is 16.9 Å². The highest BCUT2D eigenvalue weighted by molar-refractivity contribution is 5.70. The Bertz CT molecular complexity index is 813. The molecular formula is C16H14N4O3. The summed E-state index contributed by atoms with van der Waals surface area (Å²) in [5.74, 6) is -0.878. The van der Waals surface area contributed by atoms with E-state index in [1.54, 1.807) is 47.4 Å². The molecule has 7 nitrogen and oxygen atoms in total. The molecule has 0 saturated carbocycles. The largest absolute Gasteiger partial charge is 0.481 e. The van der Waals surface area contributed by atoms with Gasteiger partial charge in [-0.1, -0.05) is 17.3 Å². The third-order valence-corrected chi connectivity index (χ3v) is 3.36. The molecule has 0 radical (unpaired) electrons. The number of benzene rings is 1. The monoisotopic (exact) mass is 310 g/mol. The second-order valence-corrected chi connectivity index (χ2v) is 4.93. The van der Waals surface area contributed by atoms with E-state index in [1.807, 2.05) is 6.07 Å². The molecule has 2 heterocycles.